The van der Waals surface area contributed by atoms with Crippen LogP contribution in [0.4, 0.5) is 0 Å². The summed E-state index contributed by atoms with van der Waals surface area (Å²) in [7, 11) is 0. The van der Waals surface area contributed by atoms with Gasteiger partial charge in [0.1, 0.15) is 5.76 Å². The van der Waals surface area contributed by atoms with Crippen LogP contribution in [0.1, 0.15) is 25.8 Å². The minimum atomic E-state index is -0.421. The lowest BCUT2D eigenvalue weighted by molar-refractivity contribution is -0.147. The molecule has 0 saturated carbocycles. The third-order valence-corrected chi connectivity index (χ3v) is 2.93. The predicted octanol–water partition coefficient (Wildman–Crippen LogP) is 3.65. The van der Waals surface area contributed by atoms with Crippen LogP contribution in [0.5, 0.6) is 0 Å². The van der Waals surface area contributed by atoms with Gasteiger partial charge in [-0.2, -0.15) is 0 Å². The van der Waals surface area contributed by atoms with Crippen LogP contribution in [0, 0.1) is 5.41 Å². The summed E-state index contributed by atoms with van der Waals surface area (Å²) in [5, 5.41) is 0.673. The summed E-state index contributed by atoms with van der Waals surface area (Å²) >= 11 is 5.80. The Hall–Kier alpha value is -1.28. The van der Waals surface area contributed by atoms with Crippen LogP contribution < -0.4 is 0 Å². The summed E-state index contributed by atoms with van der Waals surface area (Å²) in [5.74, 6) is 0.445. The topological polar surface area (TPSA) is 26.3 Å². The number of esters is 1. The van der Waals surface area contributed by atoms with Crippen molar-refractivity contribution in [3.63, 3.8) is 0 Å². The monoisotopic (exact) mass is 236 g/mol. The fraction of sp³-hybridized carbons (Fsp3) is 0.308. The first kappa shape index (κ1) is 11.2. The van der Waals surface area contributed by atoms with E-state index in [0.717, 1.165) is 5.56 Å². The van der Waals surface area contributed by atoms with Gasteiger partial charge in [-0.3, -0.25) is 4.79 Å². The molecule has 0 unspecified atom stereocenters. The van der Waals surface area contributed by atoms with E-state index in [2.05, 4.69) is 0 Å². The van der Waals surface area contributed by atoms with Crippen LogP contribution in [0.3, 0.4) is 0 Å². The molecule has 1 aliphatic heterocycles. The molecule has 1 heterocycles. The molecule has 16 heavy (non-hydrogen) atoms. The average Bonchev–Trinajstić information content (AvgIpc) is 2.24. The number of benzene rings is 1. The minimum absolute atomic E-state index is 0.181. The van der Waals surface area contributed by atoms with E-state index in [4.69, 9.17) is 16.3 Å². The van der Waals surface area contributed by atoms with Crippen LogP contribution >= 0.6 is 11.6 Å². The van der Waals surface area contributed by atoms with Crippen molar-refractivity contribution < 1.29 is 9.53 Å². The number of allylic oxidation sites excluding steroid dienone is 1. The van der Waals surface area contributed by atoms with Gasteiger partial charge in [-0.25, -0.2) is 0 Å². The fourth-order valence-electron chi connectivity index (χ4n) is 1.50. The molecule has 1 aromatic carbocycles. The van der Waals surface area contributed by atoms with E-state index >= 15 is 0 Å². The number of hydrogen-bond donors (Lipinski definition) is 0. The highest BCUT2D eigenvalue weighted by Gasteiger charge is 2.33. The van der Waals surface area contributed by atoms with Crippen molar-refractivity contribution in [1.82, 2.24) is 0 Å². The standard InChI is InChI=1S/C13H13ClO2/c1-13(2)8-7-11(16-12(13)15)9-3-5-10(14)6-4-9/h3-7H,8H2,1-2H3. The van der Waals surface area contributed by atoms with E-state index in [1.165, 1.54) is 0 Å². The van der Waals surface area contributed by atoms with Gasteiger partial charge >= 0.3 is 5.97 Å². The number of ether oxygens (including phenoxy) is 1. The lowest BCUT2D eigenvalue weighted by Gasteiger charge is -2.26. The van der Waals surface area contributed by atoms with E-state index < -0.39 is 5.41 Å². The van der Waals surface area contributed by atoms with Gasteiger partial charge in [0.2, 0.25) is 0 Å². The van der Waals surface area contributed by atoms with Gasteiger partial charge in [-0.05, 0) is 50.6 Å². The van der Waals surface area contributed by atoms with Crippen molar-refractivity contribution >= 4 is 23.3 Å². The zero-order chi connectivity index (χ0) is 11.8. The van der Waals surface area contributed by atoms with Crippen molar-refractivity contribution in [2.24, 2.45) is 5.41 Å². The minimum Gasteiger partial charge on any atom is -0.426 e. The van der Waals surface area contributed by atoms with Crippen LogP contribution in [-0.2, 0) is 9.53 Å². The molecule has 0 aromatic heterocycles. The van der Waals surface area contributed by atoms with E-state index in [9.17, 15) is 4.79 Å². The van der Waals surface area contributed by atoms with Crippen LogP contribution in [0.15, 0.2) is 30.3 Å². The highest BCUT2D eigenvalue weighted by Crippen LogP contribution is 2.33. The lowest BCUT2D eigenvalue weighted by Crippen LogP contribution is -2.28. The third-order valence-electron chi connectivity index (χ3n) is 2.68. The first-order valence-electron chi connectivity index (χ1n) is 5.17. The van der Waals surface area contributed by atoms with Gasteiger partial charge in [0, 0.05) is 10.6 Å². The van der Waals surface area contributed by atoms with Crippen LogP contribution in [-0.4, -0.2) is 5.97 Å². The van der Waals surface area contributed by atoms with Crippen molar-refractivity contribution in [3.05, 3.63) is 40.9 Å². The molecule has 84 valence electrons. The fourth-order valence-corrected chi connectivity index (χ4v) is 1.63. The van der Waals surface area contributed by atoms with Crippen molar-refractivity contribution in [2.45, 2.75) is 20.3 Å². The average molecular weight is 237 g/mol. The maximum absolute atomic E-state index is 11.7. The van der Waals surface area contributed by atoms with Crippen molar-refractivity contribution in [2.75, 3.05) is 0 Å². The van der Waals surface area contributed by atoms with Gasteiger partial charge in [0.15, 0.2) is 0 Å². The zero-order valence-corrected chi connectivity index (χ0v) is 10.0. The molecule has 0 amide bonds. The third kappa shape index (κ3) is 2.12. The largest absolute Gasteiger partial charge is 0.426 e. The predicted molar refractivity (Wildman–Crippen MR) is 63.9 cm³/mol. The molecule has 2 rings (SSSR count). The Balaban J connectivity index is 2.28. The molecular formula is C13H13ClO2. The van der Waals surface area contributed by atoms with Crippen molar-refractivity contribution in [1.29, 1.82) is 0 Å². The molecule has 0 saturated heterocycles. The second-order valence-corrected chi connectivity index (χ2v) is 4.99. The molecule has 0 radical (unpaired) electrons. The summed E-state index contributed by atoms with van der Waals surface area (Å²) < 4.78 is 5.31. The van der Waals surface area contributed by atoms with Gasteiger partial charge in [0.25, 0.3) is 0 Å². The Labute approximate surface area is 99.9 Å². The number of carbonyl (C=O) groups is 1. The molecule has 0 spiro atoms. The number of carbonyl (C=O) groups excluding carboxylic acids is 1. The molecule has 1 aliphatic rings. The van der Waals surface area contributed by atoms with E-state index in [1.807, 2.05) is 32.1 Å². The smallest absolute Gasteiger partial charge is 0.317 e. The van der Waals surface area contributed by atoms with Crippen LogP contribution in [0.25, 0.3) is 5.76 Å². The Morgan fingerprint density at radius 2 is 1.88 bits per heavy atom. The van der Waals surface area contributed by atoms with Gasteiger partial charge in [-0.15, -0.1) is 0 Å². The maximum atomic E-state index is 11.7. The number of rotatable bonds is 1. The normalized spacial score (nSPS) is 18.9. The first-order valence-corrected chi connectivity index (χ1v) is 5.55. The molecule has 0 atom stereocenters. The SMILES string of the molecule is CC1(C)CC=C(c2ccc(Cl)cc2)OC1=O. The van der Waals surface area contributed by atoms with Crippen molar-refractivity contribution in [3.8, 4) is 0 Å². The quantitative estimate of drug-likeness (QED) is 0.696. The molecule has 0 aliphatic carbocycles. The Bertz CT molecular complexity index is 444. The molecule has 0 bridgehead atoms. The molecule has 3 heteroatoms. The summed E-state index contributed by atoms with van der Waals surface area (Å²) in [6.07, 6.45) is 2.65. The molecule has 1 aromatic rings. The second-order valence-electron chi connectivity index (χ2n) is 4.55. The second kappa shape index (κ2) is 3.95. The highest BCUT2D eigenvalue weighted by molar-refractivity contribution is 6.30. The zero-order valence-electron chi connectivity index (χ0n) is 9.29. The summed E-state index contributed by atoms with van der Waals surface area (Å²) in [6, 6.07) is 7.26. The van der Waals surface area contributed by atoms with Gasteiger partial charge < -0.3 is 4.74 Å². The molecule has 0 N–H and O–H groups in total. The lowest BCUT2D eigenvalue weighted by atomic mass is 9.87. The molecule has 2 nitrogen and oxygen atoms in total. The Morgan fingerprint density at radius 1 is 1.25 bits per heavy atom. The van der Waals surface area contributed by atoms with E-state index in [1.54, 1.807) is 12.1 Å². The Kier molecular flexibility index (Phi) is 2.76. The summed E-state index contributed by atoms with van der Waals surface area (Å²) in [6.45, 7) is 3.76. The Morgan fingerprint density at radius 3 is 2.44 bits per heavy atom. The molecular weight excluding hydrogens is 224 g/mol. The maximum Gasteiger partial charge on any atom is 0.317 e. The molecule has 0 fully saturated rings. The summed E-state index contributed by atoms with van der Waals surface area (Å²) in [5.41, 5.74) is 0.462. The van der Waals surface area contributed by atoms with E-state index in [0.29, 0.717) is 17.2 Å². The summed E-state index contributed by atoms with van der Waals surface area (Å²) in [4.78, 5) is 11.7. The first-order chi connectivity index (χ1) is 7.49. The number of cyclic esters (lactones) is 1. The van der Waals surface area contributed by atoms with Crippen LogP contribution in [0.2, 0.25) is 5.02 Å². The van der Waals surface area contributed by atoms with E-state index in [-0.39, 0.29) is 5.97 Å². The number of halogens is 1. The highest BCUT2D eigenvalue weighted by atomic mass is 35.5. The van der Waals surface area contributed by atoms with Gasteiger partial charge in [0.05, 0.1) is 5.41 Å². The van der Waals surface area contributed by atoms with Gasteiger partial charge in [-0.1, -0.05) is 11.6 Å². The number of hydrogen-bond acceptors (Lipinski definition) is 2.